The zero-order valence-corrected chi connectivity index (χ0v) is 18.1. The monoisotopic (exact) mass is 396 g/mol. The number of benzene rings is 2. The predicted octanol–water partition coefficient (Wildman–Crippen LogP) is 5.10. The van der Waals surface area contributed by atoms with Gasteiger partial charge >= 0.3 is 0 Å². The van der Waals surface area contributed by atoms with Crippen LogP contribution in [-0.4, -0.2) is 24.3 Å². The molecule has 0 fully saturated rings. The third-order valence-electron chi connectivity index (χ3n) is 6.36. The van der Waals surface area contributed by atoms with Gasteiger partial charge < -0.3 is 4.98 Å². The Morgan fingerprint density at radius 1 is 1.07 bits per heavy atom. The fourth-order valence-electron chi connectivity index (χ4n) is 4.68. The Bertz CT molecular complexity index is 1150. The summed E-state index contributed by atoms with van der Waals surface area (Å²) < 4.78 is 29.4. The second-order valence-corrected chi connectivity index (χ2v) is 9.77. The van der Waals surface area contributed by atoms with Crippen LogP contribution in [0.3, 0.4) is 0 Å². The SMILES string of the molecule is CCC1c2[nH]c3ccccc3c2CCN1S(=O)(=O)c1c(C)c(C)cc(C)c1C. The number of fused-ring (bicyclic) bond motifs is 3. The minimum absolute atomic E-state index is 0.166. The van der Waals surface area contributed by atoms with Crippen molar-refractivity contribution in [3.05, 3.63) is 63.8 Å². The van der Waals surface area contributed by atoms with Crippen LogP contribution in [0, 0.1) is 27.7 Å². The molecule has 5 heteroatoms. The number of nitrogens with one attached hydrogen (secondary N) is 1. The molecule has 0 saturated heterocycles. The lowest BCUT2D eigenvalue weighted by Gasteiger charge is -2.35. The minimum atomic E-state index is -3.60. The number of para-hydroxylation sites is 1. The number of rotatable bonds is 3. The highest BCUT2D eigenvalue weighted by molar-refractivity contribution is 7.89. The fourth-order valence-corrected chi connectivity index (χ4v) is 6.93. The highest BCUT2D eigenvalue weighted by atomic mass is 32.2. The molecule has 1 N–H and O–H groups in total. The van der Waals surface area contributed by atoms with Crippen molar-refractivity contribution in [2.24, 2.45) is 0 Å². The molecule has 28 heavy (non-hydrogen) atoms. The molecular formula is C23H28N2O2S. The Hall–Kier alpha value is -2.11. The molecular weight excluding hydrogens is 368 g/mol. The largest absolute Gasteiger partial charge is 0.357 e. The molecule has 1 aromatic heterocycles. The van der Waals surface area contributed by atoms with E-state index in [9.17, 15) is 8.42 Å². The van der Waals surface area contributed by atoms with Crippen molar-refractivity contribution < 1.29 is 8.42 Å². The molecule has 4 rings (SSSR count). The van der Waals surface area contributed by atoms with Crippen LogP contribution >= 0.6 is 0 Å². The van der Waals surface area contributed by atoms with Gasteiger partial charge in [-0.05, 0) is 74.4 Å². The topological polar surface area (TPSA) is 53.2 Å². The zero-order chi connectivity index (χ0) is 20.2. The molecule has 2 aromatic carbocycles. The number of aromatic amines is 1. The number of sulfonamides is 1. The first-order valence-corrected chi connectivity index (χ1v) is 11.4. The number of aryl methyl sites for hydroxylation is 2. The molecule has 1 aliphatic rings. The Morgan fingerprint density at radius 3 is 2.36 bits per heavy atom. The van der Waals surface area contributed by atoms with Crippen molar-refractivity contribution in [1.29, 1.82) is 0 Å². The van der Waals surface area contributed by atoms with E-state index < -0.39 is 10.0 Å². The molecule has 0 bridgehead atoms. The van der Waals surface area contributed by atoms with Crippen molar-refractivity contribution >= 4 is 20.9 Å². The normalized spacial score (nSPS) is 17.8. The molecule has 0 aliphatic carbocycles. The summed E-state index contributed by atoms with van der Waals surface area (Å²) in [6, 6.07) is 10.2. The summed E-state index contributed by atoms with van der Waals surface area (Å²) in [5, 5.41) is 1.21. The summed E-state index contributed by atoms with van der Waals surface area (Å²) in [4.78, 5) is 4.01. The first kappa shape index (κ1) is 19.2. The Balaban J connectivity index is 1.88. The van der Waals surface area contributed by atoms with Crippen LogP contribution in [-0.2, 0) is 16.4 Å². The van der Waals surface area contributed by atoms with Gasteiger partial charge in [0.05, 0.1) is 10.9 Å². The van der Waals surface area contributed by atoms with E-state index in [4.69, 9.17) is 0 Å². The maximum Gasteiger partial charge on any atom is 0.244 e. The van der Waals surface area contributed by atoms with E-state index in [-0.39, 0.29) is 6.04 Å². The summed E-state index contributed by atoms with van der Waals surface area (Å²) in [7, 11) is -3.60. The summed E-state index contributed by atoms with van der Waals surface area (Å²) >= 11 is 0. The van der Waals surface area contributed by atoms with Gasteiger partial charge in [0.2, 0.25) is 10.0 Å². The Kier molecular flexibility index (Phi) is 4.63. The minimum Gasteiger partial charge on any atom is -0.357 e. The predicted molar refractivity (Wildman–Crippen MR) is 114 cm³/mol. The van der Waals surface area contributed by atoms with Crippen molar-refractivity contribution in [1.82, 2.24) is 9.29 Å². The van der Waals surface area contributed by atoms with Gasteiger partial charge in [0.25, 0.3) is 0 Å². The lowest BCUT2D eigenvalue weighted by atomic mass is 9.98. The molecule has 4 nitrogen and oxygen atoms in total. The van der Waals surface area contributed by atoms with Crippen molar-refractivity contribution in [2.45, 2.75) is 58.4 Å². The molecule has 1 aliphatic heterocycles. The van der Waals surface area contributed by atoms with Gasteiger partial charge in [0.15, 0.2) is 0 Å². The van der Waals surface area contributed by atoms with Crippen molar-refractivity contribution in [3.63, 3.8) is 0 Å². The summed E-state index contributed by atoms with van der Waals surface area (Å²) in [5.74, 6) is 0. The van der Waals surface area contributed by atoms with Gasteiger partial charge in [-0.2, -0.15) is 4.31 Å². The lowest BCUT2D eigenvalue weighted by molar-refractivity contribution is 0.296. The smallest absolute Gasteiger partial charge is 0.244 e. The van der Waals surface area contributed by atoms with E-state index in [2.05, 4.69) is 30.1 Å². The molecule has 148 valence electrons. The lowest BCUT2D eigenvalue weighted by Crippen LogP contribution is -2.40. The highest BCUT2D eigenvalue weighted by Crippen LogP contribution is 2.40. The Morgan fingerprint density at radius 2 is 1.71 bits per heavy atom. The van der Waals surface area contributed by atoms with E-state index >= 15 is 0 Å². The molecule has 1 unspecified atom stereocenters. The molecule has 1 atom stereocenters. The number of nitrogens with zero attached hydrogens (tertiary/aromatic N) is 1. The molecule has 0 spiro atoms. The summed E-state index contributed by atoms with van der Waals surface area (Å²) in [6.45, 7) is 10.4. The zero-order valence-electron chi connectivity index (χ0n) is 17.3. The number of aromatic nitrogens is 1. The van der Waals surface area contributed by atoms with Gasteiger partial charge in [-0.1, -0.05) is 31.2 Å². The third kappa shape index (κ3) is 2.72. The third-order valence-corrected chi connectivity index (χ3v) is 8.54. The quantitative estimate of drug-likeness (QED) is 0.670. The average Bonchev–Trinajstić information content (AvgIpc) is 3.04. The van der Waals surface area contributed by atoms with Gasteiger partial charge in [0.1, 0.15) is 0 Å². The number of hydrogen-bond acceptors (Lipinski definition) is 2. The first-order chi connectivity index (χ1) is 13.3. The van der Waals surface area contributed by atoms with Crippen LogP contribution < -0.4 is 0 Å². The summed E-state index contributed by atoms with van der Waals surface area (Å²) in [5.41, 5.74) is 7.18. The van der Waals surface area contributed by atoms with Gasteiger partial charge in [-0.25, -0.2) is 8.42 Å². The second-order valence-electron chi connectivity index (χ2n) is 7.94. The van der Waals surface area contributed by atoms with E-state index in [1.54, 1.807) is 4.31 Å². The second kappa shape index (κ2) is 6.75. The average molecular weight is 397 g/mol. The van der Waals surface area contributed by atoms with Crippen molar-refractivity contribution in [3.8, 4) is 0 Å². The molecule has 2 heterocycles. The van der Waals surface area contributed by atoms with Crippen LogP contribution in [0.5, 0.6) is 0 Å². The van der Waals surface area contributed by atoms with Crippen LogP contribution in [0.2, 0.25) is 0 Å². The number of hydrogen-bond donors (Lipinski definition) is 1. The molecule has 0 amide bonds. The van der Waals surface area contributed by atoms with Gasteiger partial charge in [-0.3, -0.25) is 0 Å². The number of H-pyrrole nitrogens is 1. The van der Waals surface area contributed by atoms with Crippen molar-refractivity contribution in [2.75, 3.05) is 6.54 Å². The standard InChI is InChI=1S/C23H28N2O2S/c1-6-21-22-19(18-9-7-8-10-20(18)24-22)11-12-25(21)28(26,27)23-16(4)14(2)13-15(3)17(23)5/h7-10,13,21,24H,6,11-12H2,1-5H3. The van der Waals surface area contributed by atoms with E-state index in [1.807, 2.05) is 39.8 Å². The maximum atomic E-state index is 13.8. The van der Waals surface area contributed by atoms with E-state index in [1.165, 1.54) is 10.9 Å². The van der Waals surface area contributed by atoms with Crippen LogP contribution in [0.25, 0.3) is 10.9 Å². The molecule has 3 aromatic rings. The highest BCUT2D eigenvalue weighted by Gasteiger charge is 2.38. The van der Waals surface area contributed by atoms with Gasteiger partial charge in [-0.15, -0.1) is 0 Å². The van der Waals surface area contributed by atoms with Crippen LogP contribution in [0.15, 0.2) is 35.2 Å². The van der Waals surface area contributed by atoms with E-state index in [0.717, 1.165) is 46.3 Å². The van der Waals surface area contributed by atoms with Gasteiger partial charge in [0, 0.05) is 23.1 Å². The Labute approximate surface area is 167 Å². The maximum absolute atomic E-state index is 13.8. The molecule has 0 radical (unpaired) electrons. The summed E-state index contributed by atoms with van der Waals surface area (Å²) in [6.07, 6.45) is 1.47. The molecule has 0 saturated carbocycles. The van der Waals surface area contributed by atoms with Crippen LogP contribution in [0.4, 0.5) is 0 Å². The van der Waals surface area contributed by atoms with E-state index in [0.29, 0.717) is 11.4 Å². The van der Waals surface area contributed by atoms with Crippen LogP contribution in [0.1, 0.15) is 52.9 Å². The first-order valence-electron chi connectivity index (χ1n) is 9.96. The fraction of sp³-hybridized carbons (Fsp3) is 0.391.